The summed E-state index contributed by atoms with van der Waals surface area (Å²) >= 11 is 0. The van der Waals surface area contributed by atoms with Crippen LogP contribution < -0.4 is 0 Å². The average molecular weight is 309 g/mol. The van der Waals surface area contributed by atoms with E-state index in [1.54, 1.807) is 0 Å². The van der Waals surface area contributed by atoms with Crippen LogP contribution in [0.4, 0.5) is 0 Å². The lowest BCUT2D eigenvalue weighted by Crippen LogP contribution is -2.62. The molecule has 128 valence electrons. The van der Waals surface area contributed by atoms with Crippen molar-refractivity contribution in [3.8, 4) is 0 Å². The van der Waals surface area contributed by atoms with E-state index in [1.165, 1.54) is 25.7 Å². The molecule has 1 heterocycles. The van der Waals surface area contributed by atoms with E-state index in [0.29, 0.717) is 5.41 Å². The van der Waals surface area contributed by atoms with Gasteiger partial charge in [0, 0.05) is 6.42 Å². The van der Waals surface area contributed by atoms with Crippen molar-refractivity contribution in [1.29, 1.82) is 0 Å². The SMILES string of the molecule is CCC[C@@]1(C)O[C@H]2C[C@]3(CC)[C@H](C)CC[C@H]3C(C)(C)[C@@]2(C)O1. The molecule has 2 nitrogen and oxygen atoms in total. The van der Waals surface area contributed by atoms with Gasteiger partial charge < -0.3 is 9.47 Å². The Bertz CT molecular complexity index is 445. The largest absolute Gasteiger partial charge is 0.344 e. The third-order valence-corrected chi connectivity index (χ3v) is 8.08. The molecule has 6 atom stereocenters. The zero-order valence-electron chi connectivity index (χ0n) is 15.8. The molecule has 3 fully saturated rings. The van der Waals surface area contributed by atoms with Gasteiger partial charge in [-0.15, -0.1) is 0 Å². The smallest absolute Gasteiger partial charge is 0.166 e. The molecule has 2 aliphatic carbocycles. The minimum Gasteiger partial charge on any atom is -0.344 e. The summed E-state index contributed by atoms with van der Waals surface area (Å²) in [5, 5.41) is 0. The lowest BCUT2D eigenvalue weighted by Gasteiger charge is -2.59. The summed E-state index contributed by atoms with van der Waals surface area (Å²) in [5.41, 5.74) is 0.473. The minimum atomic E-state index is -0.387. The van der Waals surface area contributed by atoms with Crippen LogP contribution in [0.25, 0.3) is 0 Å². The fourth-order valence-electron chi connectivity index (χ4n) is 6.49. The normalized spacial score (nSPS) is 53.3. The van der Waals surface area contributed by atoms with Crippen molar-refractivity contribution in [2.75, 3.05) is 0 Å². The third kappa shape index (κ3) is 1.92. The van der Waals surface area contributed by atoms with E-state index in [1.807, 2.05) is 0 Å². The van der Waals surface area contributed by atoms with Crippen LogP contribution in [0.5, 0.6) is 0 Å². The first-order chi connectivity index (χ1) is 10.2. The molecule has 0 aromatic rings. The summed E-state index contributed by atoms with van der Waals surface area (Å²) in [5.74, 6) is 1.18. The second-order valence-electron chi connectivity index (χ2n) is 9.24. The van der Waals surface area contributed by atoms with Gasteiger partial charge in [0.25, 0.3) is 0 Å². The average Bonchev–Trinajstić information content (AvgIpc) is 2.88. The van der Waals surface area contributed by atoms with Gasteiger partial charge in [0.05, 0.1) is 6.10 Å². The van der Waals surface area contributed by atoms with Crippen LogP contribution in [0.2, 0.25) is 0 Å². The Morgan fingerprint density at radius 3 is 2.32 bits per heavy atom. The molecule has 3 rings (SSSR count). The zero-order valence-corrected chi connectivity index (χ0v) is 15.8. The van der Waals surface area contributed by atoms with E-state index < -0.39 is 0 Å². The number of ether oxygens (including phenoxy) is 2. The zero-order chi connectivity index (χ0) is 16.4. The molecule has 2 heteroatoms. The highest BCUT2D eigenvalue weighted by atomic mass is 16.8. The standard InChI is InChI=1S/C20H36O2/c1-8-12-18(6)21-16-13-20(9-2)14(3)10-11-15(20)17(4,5)19(16,7)22-18/h14-16H,8-13H2,1-7H3/t14-,15+,16+,18+,19+,20-/m1/s1. The van der Waals surface area contributed by atoms with Gasteiger partial charge in [-0.05, 0) is 62.2 Å². The maximum Gasteiger partial charge on any atom is 0.166 e. The number of fused-ring (bicyclic) bond motifs is 2. The van der Waals surface area contributed by atoms with Gasteiger partial charge in [-0.2, -0.15) is 0 Å². The molecular weight excluding hydrogens is 272 g/mol. The summed E-state index contributed by atoms with van der Waals surface area (Å²) in [6.07, 6.45) is 7.55. The van der Waals surface area contributed by atoms with Crippen LogP contribution in [0, 0.1) is 22.7 Å². The fourth-order valence-corrected chi connectivity index (χ4v) is 6.49. The quantitative estimate of drug-likeness (QED) is 0.680. The van der Waals surface area contributed by atoms with Gasteiger partial charge >= 0.3 is 0 Å². The van der Waals surface area contributed by atoms with Gasteiger partial charge in [-0.25, -0.2) is 0 Å². The topological polar surface area (TPSA) is 18.5 Å². The molecule has 0 N–H and O–H groups in total. The summed E-state index contributed by atoms with van der Waals surface area (Å²) in [7, 11) is 0. The van der Waals surface area contributed by atoms with E-state index in [0.717, 1.165) is 24.7 Å². The molecule has 1 saturated heterocycles. The second kappa shape index (κ2) is 4.96. The Morgan fingerprint density at radius 2 is 1.73 bits per heavy atom. The first-order valence-corrected chi connectivity index (χ1v) is 9.53. The number of hydrogen-bond donors (Lipinski definition) is 0. The molecule has 0 aromatic heterocycles. The fraction of sp³-hybridized carbons (Fsp3) is 1.00. The van der Waals surface area contributed by atoms with E-state index in [2.05, 4.69) is 48.5 Å². The molecule has 0 aromatic carbocycles. The van der Waals surface area contributed by atoms with E-state index >= 15 is 0 Å². The molecular formula is C20H36O2. The molecule has 1 aliphatic heterocycles. The third-order valence-electron chi connectivity index (χ3n) is 8.08. The molecule has 0 unspecified atom stereocenters. The number of rotatable bonds is 3. The predicted molar refractivity (Wildman–Crippen MR) is 90.7 cm³/mol. The maximum absolute atomic E-state index is 6.71. The van der Waals surface area contributed by atoms with Crippen LogP contribution in [-0.4, -0.2) is 17.5 Å². The van der Waals surface area contributed by atoms with Crippen molar-refractivity contribution in [1.82, 2.24) is 0 Å². The summed E-state index contributed by atoms with van der Waals surface area (Å²) in [6, 6.07) is 0. The molecule has 3 aliphatic rings. The van der Waals surface area contributed by atoms with Crippen molar-refractivity contribution >= 4 is 0 Å². The van der Waals surface area contributed by atoms with Crippen LogP contribution >= 0.6 is 0 Å². The van der Waals surface area contributed by atoms with Crippen molar-refractivity contribution in [3.05, 3.63) is 0 Å². The van der Waals surface area contributed by atoms with Crippen LogP contribution in [0.15, 0.2) is 0 Å². The Balaban J connectivity index is 2.02. The molecule has 0 amide bonds. The summed E-state index contributed by atoms with van der Waals surface area (Å²) in [6.45, 7) is 16.5. The Labute approximate surface area is 137 Å². The Hall–Kier alpha value is -0.0800. The first kappa shape index (κ1) is 16.8. The Morgan fingerprint density at radius 1 is 1.05 bits per heavy atom. The van der Waals surface area contributed by atoms with Crippen LogP contribution in [0.1, 0.15) is 87.0 Å². The minimum absolute atomic E-state index is 0.148. The number of hydrogen-bond acceptors (Lipinski definition) is 2. The van der Waals surface area contributed by atoms with Crippen molar-refractivity contribution in [2.45, 2.75) is 104 Å². The van der Waals surface area contributed by atoms with E-state index in [9.17, 15) is 0 Å². The van der Waals surface area contributed by atoms with Crippen LogP contribution in [-0.2, 0) is 9.47 Å². The molecule has 2 saturated carbocycles. The highest BCUT2D eigenvalue weighted by Gasteiger charge is 2.70. The van der Waals surface area contributed by atoms with Crippen LogP contribution in [0.3, 0.4) is 0 Å². The van der Waals surface area contributed by atoms with Crippen molar-refractivity contribution < 1.29 is 9.47 Å². The lowest BCUT2D eigenvalue weighted by atomic mass is 9.48. The van der Waals surface area contributed by atoms with Gasteiger partial charge in [0.2, 0.25) is 0 Å². The highest BCUT2D eigenvalue weighted by Crippen LogP contribution is 2.69. The van der Waals surface area contributed by atoms with Gasteiger partial charge in [-0.3, -0.25) is 0 Å². The van der Waals surface area contributed by atoms with E-state index in [-0.39, 0.29) is 22.9 Å². The Kier molecular flexibility index (Phi) is 3.78. The van der Waals surface area contributed by atoms with Gasteiger partial charge in [0.1, 0.15) is 5.60 Å². The second-order valence-corrected chi connectivity index (χ2v) is 9.24. The van der Waals surface area contributed by atoms with Gasteiger partial charge in [-0.1, -0.05) is 41.0 Å². The van der Waals surface area contributed by atoms with Crippen molar-refractivity contribution in [2.24, 2.45) is 22.7 Å². The molecule has 0 radical (unpaired) electrons. The molecule has 0 bridgehead atoms. The highest BCUT2D eigenvalue weighted by molar-refractivity contribution is 5.17. The molecule has 22 heavy (non-hydrogen) atoms. The predicted octanol–water partition coefficient (Wildman–Crippen LogP) is 5.55. The van der Waals surface area contributed by atoms with E-state index in [4.69, 9.17) is 9.47 Å². The molecule has 0 spiro atoms. The first-order valence-electron chi connectivity index (χ1n) is 9.53. The summed E-state index contributed by atoms with van der Waals surface area (Å²) < 4.78 is 13.3. The van der Waals surface area contributed by atoms with Gasteiger partial charge in [0.15, 0.2) is 5.79 Å². The summed E-state index contributed by atoms with van der Waals surface area (Å²) in [4.78, 5) is 0. The maximum atomic E-state index is 6.71. The van der Waals surface area contributed by atoms with Crippen molar-refractivity contribution in [3.63, 3.8) is 0 Å². The monoisotopic (exact) mass is 308 g/mol. The lowest BCUT2D eigenvalue weighted by molar-refractivity contribution is -0.212.